The highest BCUT2D eigenvalue weighted by molar-refractivity contribution is 5.85. The van der Waals surface area contributed by atoms with Crippen molar-refractivity contribution in [2.45, 2.75) is 38.4 Å². The molecular formula is C24H27FN4O3. The summed E-state index contributed by atoms with van der Waals surface area (Å²) in [6.07, 6.45) is 4.29. The van der Waals surface area contributed by atoms with Crippen molar-refractivity contribution in [2.24, 2.45) is 0 Å². The van der Waals surface area contributed by atoms with Gasteiger partial charge in [0.1, 0.15) is 17.6 Å². The first kappa shape index (κ1) is 21.8. The van der Waals surface area contributed by atoms with Gasteiger partial charge in [0.25, 0.3) is 5.91 Å². The maximum absolute atomic E-state index is 13.2. The predicted octanol–water partition coefficient (Wildman–Crippen LogP) is 2.86. The summed E-state index contributed by atoms with van der Waals surface area (Å²) in [4.78, 5) is 26.8. The van der Waals surface area contributed by atoms with Gasteiger partial charge in [0, 0.05) is 31.9 Å². The Bertz CT molecular complexity index is 995. The number of hydrazine groups is 1. The molecule has 32 heavy (non-hydrogen) atoms. The minimum absolute atomic E-state index is 0.0539. The number of nitrogens with one attached hydrogen (secondary N) is 2. The molecule has 8 heteroatoms. The van der Waals surface area contributed by atoms with Crippen LogP contribution in [0.4, 0.5) is 4.39 Å². The van der Waals surface area contributed by atoms with E-state index in [4.69, 9.17) is 4.74 Å². The molecule has 0 saturated carbocycles. The Morgan fingerprint density at radius 1 is 1.22 bits per heavy atom. The molecule has 7 nitrogen and oxygen atoms in total. The third-order valence-electron chi connectivity index (χ3n) is 5.63. The molecule has 2 aliphatic heterocycles. The summed E-state index contributed by atoms with van der Waals surface area (Å²) >= 11 is 0. The van der Waals surface area contributed by atoms with Gasteiger partial charge in [-0.15, -0.1) is 0 Å². The van der Waals surface area contributed by atoms with E-state index in [1.807, 2.05) is 37.4 Å². The summed E-state index contributed by atoms with van der Waals surface area (Å²) in [6.45, 7) is 3.23. The Balaban J connectivity index is 1.26. The molecule has 0 spiro atoms. The highest BCUT2D eigenvalue weighted by Crippen LogP contribution is 2.30. The predicted molar refractivity (Wildman–Crippen MR) is 117 cm³/mol. The minimum Gasteiger partial charge on any atom is -0.494 e. The topological polar surface area (TPSA) is 73.9 Å². The average Bonchev–Trinajstić information content (AvgIpc) is 3.23. The van der Waals surface area contributed by atoms with Crippen molar-refractivity contribution in [3.05, 3.63) is 77.9 Å². The maximum atomic E-state index is 13.2. The van der Waals surface area contributed by atoms with Crippen molar-refractivity contribution in [3.63, 3.8) is 0 Å². The fourth-order valence-electron chi connectivity index (χ4n) is 3.96. The highest BCUT2D eigenvalue weighted by atomic mass is 19.1. The van der Waals surface area contributed by atoms with Gasteiger partial charge in [-0.3, -0.25) is 9.59 Å². The molecule has 1 saturated heterocycles. The Morgan fingerprint density at radius 2 is 2.03 bits per heavy atom. The Morgan fingerprint density at radius 3 is 2.81 bits per heavy atom. The van der Waals surface area contributed by atoms with Crippen molar-refractivity contribution in [3.8, 4) is 5.75 Å². The van der Waals surface area contributed by atoms with E-state index >= 15 is 0 Å². The number of hydrogen-bond donors (Lipinski definition) is 2. The highest BCUT2D eigenvalue weighted by Gasteiger charge is 2.39. The van der Waals surface area contributed by atoms with E-state index in [0.717, 1.165) is 16.9 Å². The molecule has 2 amide bonds. The molecule has 2 aromatic carbocycles. The standard InChI is InChI=1S/C24H27FN4O3/c1-2-32-20-5-3-4-17(14-20)16-26-23(30)10-11-28-12-13-29-22(24(28)31)15-21(27-29)18-6-8-19(25)9-7-18/h3-9,12-14,21-22,27H,2,10-11,15-16H2,1H3,(H,26,30). The van der Waals surface area contributed by atoms with Crippen LogP contribution in [0.5, 0.6) is 5.75 Å². The number of carbonyl (C=O) groups is 2. The number of fused-ring (bicyclic) bond motifs is 1. The zero-order chi connectivity index (χ0) is 22.5. The Hall–Kier alpha value is -3.39. The zero-order valence-electron chi connectivity index (χ0n) is 18.0. The van der Waals surface area contributed by atoms with Gasteiger partial charge in [-0.05, 0) is 48.7 Å². The van der Waals surface area contributed by atoms with Gasteiger partial charge in [-0.2, -0.15) is 0 Å². The van der Waals surface area contributed by atoms with Crippen LogP contribution in [-0.4, -0.2) is 40.9 Å². The first-order valence-corrected chi connectivity index (χ1v) is 10.8. The number of carbonyl (C=O) groups excluding carboxylic acids is 2. The van der Waals surface area contributed by atoms with Crippen LogP contribution >= 0.6 is 0 Å². The third-order valence-corrected chi connectivity index (χ3v) is 5.63. The van der Waals surface area contributed by atoms with Gasteiger partial charge in [0.05, 0.1) is 12.6 Å². The minimum atomic E-state index is -0.348. The van der Waals surface area contributed by atoms with Crippen LogP contribution in [0.15, 0.2) is 60.9 Å². The SMILES string of the molecule is CCOc1cccc(CNC(=O)CCN2C=CN3NC(c4ccc(F)cc4)CC3C2=O)c1. The summed E-state index contributed by atoms with van der Waals surface area (Å²) in [5.41, 5.74) is 5.17. The molecule has 2 atom stereocenters. The Labute approximate surface area is 186 Å². The van der Waals surface area contributed by atoms with Crippen molar-refractivity contribution in [2.75, 3.05) is 13.2 Å². The van der Waals surface area contributed by atoms with Gasteiger partial charge in [-0.1, -0.05) is 24.3 Å². The first-order chi connectivity index (χ1) is 15.5. The van der Waals surface area contributed by atoms with Gasteiger partial charge in [-0.25, -0.2) is 9.82 Å². The van der Waals surface area contributed by atoms with E-state index in [0.29, 0.717) is 26.1 Å². The second-order valence-corrected chi connectivity index (χ2v) is 7.83. The number of nitrogens with zero attached hydrogens (tertiary/aromatic N) is 2. The fourth-order valence-corrected chi connectivity index (χ4v) is 3.96. The van der Waals surface area contributed by atoms with Gasteiger partial charge in [0.2, 0.25) is 5.91 Å². The van der Waals surface area contributed by atoms with Crippen LogP contribution in [0.25, 0.3) is 0 Å². The third kappa shape index (κ3) is 5.08. The maximum Gasteiger partial charge on any atom is 0.250 e. The molecular weight excluding hydrogens is 411 g/mol. The second-order valence-electron chi connectivity index (χ2n) is 7.83. The van der Waals surface area contributed by atoms with E-state index in [9.17, 15) is 14.0 Å². The molecule has 2 aromatic rings. The normalized spacial score (nSPS) is 19.8. The quantitative estimate of drug-likeness (QED) is 0.663. The monoisotopic (exact) mass is 438 g/mol. The van der Waals surface area contributed by atoms with Crippen LogP contribution in [0.3, 0.4) is 0 Å². The van der Waals surface area contributed by atoms with Gasteiger partial charge >= 0.3 is 0 Å². The molecule has 0 bridgehead atoms. The first-order valence-electron chi connectivity index (χ1n) is 10.8. The molecule has 1 fully saturated rings. The smallest absolute Gasteiger partial charge is 0.250 e. The van der Waals surface area contributed by atoms with Crippen LogP contribution in [0.2, 0.25) is 0 Å². The van der Waals surface area contributed by atoms with E-state index in [-0.39, 0.29) is 36.1 Å². The van der Waals surface area contributed by atoms with E-state index < -0.39 is 0 Å². The lowest BCUT2D eigenvalue weighted by molar-refractivity contribution is -0.134. The number of halogens is 1. The van der Waals surface area contributed by atoms with Crippen LogP contribution < -0.4 is 15.5 Å². The Kier molecular flexibility index (Phi) is 6.70. The molecule has 0 aliphatic carbocycles. The number of hydrogen-bond acceptors (Lipinski definition) is 5. The fraction of sp³-hybridized carbons (Fsp3) is 0.333. The lowest BCUT2D eigenvalue weighted by Crippen LogP contribution is -2.48. The van der Waals surface area contributed by atoms with Crippen molar-refractivity contribution in [1.82, 2.24) is 20.7 Å². The summed E-state index contributed by atoms with van der Waals surface area (Å²) < 4.78 is 18.7. The van der Waals surface area contributed by atoms with Crippen molar-refractivity contribution in [1.29, 1.82) is 0 Å². The molecule has 0 aromatic heterocycles. The summed E-state index contributed by atoms with van der Waals surface area (Å²) in [5.74, 6) is 0.315. The molecule has 2 aliphatic rings. The van der Waals surface area contributed by atoms with E-state index in [1.165, 1.54) is 12.1 Å². The second kappa shape index (κ2) is 9.82. The summed E-state index contributed by atoms with van der Waals surface area (Å²) in [6, 6.07) is 13.5. The zero-order valence-corrected chi connectivity index (χ0v) is 18.0. The van der Waals surface area contributed by atoms with Crippen LogP contribution in [-0.2, 0) is 16.1 Å². The molecule has 2 heterocycles. The molecule has 168 valence electrons. The molecule has 2 N–H and O–H groups in total. The number of ether oxygens (including phenoxy) is 1. The van der Waals surface area contributed by atoms with Crippen LogP contribution in [0.1, 0.15) is 36.9 Å². The molecule has 0 radical (unpaired) electrons. The van der Waals surface area contributed by atoms with E-state index in [2.05, 4.69) is 10.7 Å². The van der Waals surface area contributed by atoms with Crippen LogP contribution in [0, 0.1) is 5.82 Å². The van der Waals surface area contributed by atoms with Gasteiger partial charge in [0.15, 0.2) is 0 Å². The number of amides is 2. The molecule has 4 rings (SSSR count). The molecule has 2 unspecified atom stereocenters. The lowest BCUT2D eigenvalue weighted by atomic mass is 10.0. The van der Waals surface area contributed by atoms with E-state index in [1.54, 1.807) is 28.2 Å². The van der Waals surface area contributed by atoms with Crippen molar-refractivity contribution < 1.29 is 18.7 Å². The largest absolute Gasteiger partial charge is 0.494 e. The number of benzene rings is 2. The summed E-state index contributed by atoms with van der Waals surface area (Å²) in [7, 11) is 0. The van der Waals surface area contributed by atoms with Crippen molar-refractivity contribution >= 4 is 11.8 Å². The van der Waals surface area contributed by atoms with Gasteiger partial charge < -0.3 is 20.0 Å². The lowest BCUT2D eigenvalue weighted by Gasteiger charge is -2.31. The average molecular weight is 439 g/mol. The number of rotatable bonds is 8. The summed E-state index contributed by atoms with van der Waals surface area (Å²) in [5, 5.41) is 4.68.